The van der Waals surface area contributed by atoms with Gasteiger partial charge in [0, 0.05) is 0 Å². The Morgan fingerprint density at radius 2 is 1.71 bits per heavy atom. The first-order valence-electron chi connectivity index (χ1n) is 8.87. The zero-order valence-electron chi connectivity index (χ0n) is 14.8. The van der Waals surface area contributed by atoms with Crippen molar-refractivity contribution in [2.24, 2.45) is 5.92 Å². The molecule has 0 saturated carbocycles. The maximum Gasteiger partial charge on any atom is 0.127 e. The van der Waals surface area contributed by atoms with E-state index in [1.807, 2.05) is 12.1 Å². The van der Waals surface area contributed by atoms with E-state index in [9.17, 15) is 0 Å². The van der Waals surface area contributed by atoms with Crippen LogP contribution < -0.4 is 14.4 Å². The average Bonchev–Trinajstić information content (AvgIpc) is 2.64. The number of benzene rings is 2. The number of hydrogen-bond acceptors (Lipinski definition) is 2. The normalized spacial score (nSPS) is 20.6. The van der Waals surface area contributed by atoms with Gasteiger partial charge in [-0.3, -0.25) is 0 Å². The molecule has 1 fully saturated rings. The predicted molar refractivity (Wildman–Crippen MR) is 96.8 cm³/mol. The summed E-state index contributed by atoms with van der Waals surface area (Å²) in [6.45, 7) is 3.48. The lowest BCUT2D eigenvalue weighted by Gasteiger charge is -2.29. The second kappa shape index (κ2) is 8.20. The highest BCUT2D eigenvalue weighted by atomic mass is 16.5. The van der Waals surface area contributed by atoms with Crippen LogP contribution in [0.25, 0.3) is 0 Å². The van der Waals surface area contributed by atoms with Crippen LogP contribution in [0.4, 0.5) is 0 Å². The van der Waals surface area contributed by atoms with Crippen LogP contribution in [0.1, 0.15) is 24.0 Å². The fraction of sp³-hybridized carbons (Fsp3) is 0.429. The number of hydrogen-bond donors (Lipinski definition) is 1. The molecule has 1 aliphatic heterocycles. The van der Waals surface area contributed by atoms with Crippen molar-refractivity contribution >= 4 is 0 Å². The van der Waals surface area contributed by atoms with E-state index in [2.05, 4.69) is 36.4 Å². The van der Waals surface area contributed by atoms with E-state index < -0.39 is 0 Å². The second-order valence-corrected chi connectivity index (χ2v) is 6.74. The van der Waals surface area contributed by atoms with Crippen molar-refractivity contribution in [3.63, 3.8) is 0 Å². The fourth-order valence-corrected chi connectivity index (χ4v) is 3.70. The first-order chi connectivity index (χ1) is 11.8. The Morgan fingerprint density at radius 3 is 2.38 bits per heavy atom. The molecule has 0 aromatic heterocycles. The number of piperidine rings is 1. The highest BCUT2D eigenvalue weighted by Crippen LogP contribution is 2.23. The lowest BCUT2D eigenvalue weighted by atomic mass is 9.90. The first kappa shape index (κ1) is 16.8. The molecule has 1 aliphatic rings. The second-order valence-electron chi connectivity index (χ2n) is 6.74. The molecule has 3 rings (SSSR count). The molecule has 0 unspecified atom stereocenters. The van der Waals surface area contributed by atoms with E-state index in [-0.39, 0.29) is 0 Å². The average molecular weight is 326 g/mol. The van der Waals surface area contributed by atoms with Gasteiger partial charge < -0.3 is 14.4 Å². The van der Waals surface area contributed by atoms with Crippen LogP contribution in [0.5, 0.6) is 11.5 Å². The van der Waals surface area contributed by atoms with E-state index >= 15 is 0 Å². The van der Waals surface area contributed by atoms with Gasteiger partial charge in [0.05, 0.1) is 32.9 Å². The Labute approximate surface area is 145 Å². The highest BCUT2D eigenvalue weighted by Gasteiger charge is 2.23. The fourth-order valence-electron chi connectivity index (χ4n) is 3.70. The van der Waals surface area contributed by atoms with E-state index in [0.717, 1.165) is 24.0 Å². The van der Waals surface area contributed by atoms with Crippen LogP contribution in [0.2, 0.25) is 0 Å². The van der Waals surface area contributed by atoms with Crippen molar-refractivity contribution in [3.05, 3.63) is 59.7 Å². The summed E-state index contributed by atoms with van der Waals surface area (Å²) in [4.78, 5) is 1.64. The molecule has 3 heteroatoms. The van der Waals surface area contributed by atoms with Crippen molar-refractivity contribution in [2.45, 2.75) is 25.8 Å². The van der Waals surface area contributed by atoms with Crippen LogP contribution >= 0.6 is 0 Å². The smallest absolute Gasteiger partial charge is 0.127 e. The largest absolute Gasteiger partial charge is 0.497 e. The number of likely N-dealkylation sites (tertiary alicyclic amines) is 1. The van der Waals surface area contributed by atoms with Gasteiger partial charge in [-0.15, -0.1) is 0 Å². The standard InChI is InChI=1S/C21H27NO2/c1-23-20-8-9-21(24-2)19(15-20)16-22-12-10-18(11-13-22)14-17-6-4-3-5-7-17/h3-9,15,18H,10-14,16H2,1-2H3/p+1. The number of nitrogens with one attached hydrogen (secondary N) is 1. The van der Waals surface area contributed by atoms with Gasteiger partial charge in [0.15, 0.2) is 0 Å². The summed E-state index contributed by atoms with van der Waals surface area (Å²) in [5.74, 6) is 2.70. The number of rotatable bonds is 6. The maximum atomic E-state index is 5.52. The lowest BCUT2D eigenvalue weighted by Crippen LogP contribution is -3.11. The minimum absolute atomic E-state index is 0.823. The molecule has 2 aromatic carbocycles. The number of quaternary nitrogens is 1. The molecule has 1 heterocycles. The van der Waals surface area contributed by atoms with E-state index in [0.29, 0.717) is 0 Å². The van der Waals surface area contributed by atoms with Crippen LogP contribution in [0.3, 0.4) is 0 Å². The van der Waals surface area contributed by atoms with E-state index in [1.165, 1.54) is 43.5 Å². The Balaban J connectivity index is 1.55. The van der Waals surface area contributed by atoms with Crippen molar-refractivity contribution in [2.75, 3.05) is 27.3 Å². The molecule has 0 bridgehead atoms. The molecular weight excluding hydrogens is 298 g/mol. The van der Waals surface area contributed by atoms with Gasteiger partial charge in [-0.1, -0.05) is 30.3 Å². The Kier molecular flexibility index (Phi) is 5.76. The minimum atomic E-state index is 0.823. The van der Waals surface area contributed by atoms with Gasteiger partial charge in [-0.25, -0.2) is 0 Å². The maximum absolute atomic E-state index is 5.52. The van der Waals surface area contributed by atoms with Gasteiger partial charge in [-0.2, -0.15) is 0 Å². The molecule has 2 aromatic rings. The highest BCUT2D eigenvalue weighted by molar-refractivity contribution is 5.39. The zero-order chi connectivity index (χ0) is 16.8. The summed E-state index contributed by atoms with van der Waals surface area (Å²) in [6, 6.07) is 17.0. The van der Waals surface area contributed by atoms with Gasteiger partial charge in [0.2, 0.25) is 0 Å². The molecule has 0 amide bonds. The molecule has 3 nitrogen and oxygen atoms in total. The van der Waals surface area contributed by atoms with Gasteiger partial charge in [-0.05, 0) is 48.9 Å². The third-order valence-corrected chi connectivity index (χ3v) is 5.11. The van der Waals surface area contributed by atoms with Crippen molar-refractivity contribution in [3.8, 4) is 11.5 Å². The lowest BCUT2D eigenvalue weighted by molar-refractivity contribution is -0.919. The van der Waals surface area contributed by atoms with Crippen LogP contribution in [0.15, 0.2) is 48.5 Å². The van der Waals surface area contributed by atoms with E-state index in [4.69, 9.17) is 9.47 Å². The number of ether oxygens (including phenoxy) is 2. The Morgan fingerprint density at radius 1 is 0.958 bits per heavy atom. The molecule has 0 radical (unpaired) electrons. The molecule has 24 heavy (non-hydrogen) atoms. The summed E-state index contributed by atoms with van der Waals surface area (Å²) in [7, 11) is 3.46. The van der Waals surface area contributed by atoms with Crippen LogP contribution in [0, 0.1) is 5.92 Å². The van der Waals surface area contributed by atoms with Crippen LogP contribution in [-0.4, -0.2) is 27.3 Å². The quantitative estimate of drug-likeness (QED) is 0.882. The molecular formula is C21H28NO2+. The minimum Gasteiger partial charge on any atom is -0.497 e. The third kappa shape index (κ3) is 4.30. The van der Waals surface area contributed by atoms with Crippen molar-refractivity contribution in [1.29, 1.82) is 0 Å². The molecule has 128 valence electrons. The molecule has 1 N–H and O–H groups in total. The summed E-state index contributed by atoms with van der Waals surface area (Å²) in [6.07, 6.45) is 3.82. The molecule has 0 aliphatic carbocycles. The molecule has 0 atom stereocenters. The monoisotopic (exact) mass is 326 g/mol. The third-order valence-electron chi connectivity index (χ3n) is 5.11. The topological polar surface area (TPSA) is 22.9 Å². The summed E-state index contributed by atoms with van der Waals surface area (Å²) >= 11 is 0. The SMILES string of the molecule is COc1ccc(OC)c(C[NH+]2CCC(Cc3ccccc3)CC2)c1. The summed E-state index contributed by atoms with van der Waals surface area (Å²) < 4.78 is 10.9. The molecule has 1 saturated heterocycles. The predicted octanol–water partition coefficient (Wildman–Crippen LogP) is 2.74. The Hall–Kier alpha value is -2.00. The van der Waals surface area contributed by atoms with Gasteiger partial charge in [0.25, 0.3) is 0 Å². The first-order valence-corrected chi connectivity index (χ1v) is 8.87. The summed E-state index contributed by atoms with van der Waals surface area (Å²) in [5, 5.41) is 0. The zero-order valence-corrected chi connectivity index (χ0v) is 14.8. The van der Waals surface area contributed by atoms with Crippen molar-refractivity contribution in [1.82, 2.24) is 0 Å². The Bertz CT molecular complexity index is 634. The summed E-state index contributed by atoms with van der Waals surface area (Å²) in [5.41, 5.74) is 2.72. The van der Waals surface area contributed by atoms with E-state index in [1.54, 1.807) is 19.1 Å². The van der Waals surface area contributed by atoms with Crippen LogP contribution in [-0.2, 0) is 13.0 Å². The van der Waals surface area contributed by atoms with Gasteiger partial charge in [0.1, 0.15) is 18.0 Å². The molecule has 0 spiro atoms. The number of methoxy groups -OCH3 is 2. The van der Waals surface area contributed by atoms with Crippen molar-refractivity contribution < 1.29 is 14.4 Å². The van der Waals surface area contributed by atoms with Gasteiger partial charge >= 0.3 is 0 Å².